The molecule has 1 N–H and O–H groups in total. The van der Waals surface area contributed by atoms with Crippen LogP contribution in [0.4, 0.5) is 11.4 Å². The molecule has 1 fully saturated rings. The van der Waals surface area contributed by atoms with Crippen molar-refractivity contribution in [1.82, 2.24) is 0 Å². The molecule has 0 amide bonds. The smallest absolute Gasteiger partial charge is 0.488 e. The van der Waals surface area contributed by atoms with E-state index in [1.165, 1.54) is 18.2 Å². The molecule has 1 aliphatic rings. The van der Waals surface area contributed by atoms with Gasteiger partial charge in [-0.15, -0.1) is 0 Å². The summed E-state index contributed by atoms with van der Waals surface area (Å²) in [4.78, 5) is 10.3. The normalized spacial score (nSPS) is 15.7. The Labute approximate surface area is 151 Å². The second kappa shape index (κ2) is 8.14. The van der Waals surface area contributed by atoms with Crippen LogP contribution in [0.15, 0.2) is 18.2 Å². The third kappa shape index (κ3) is 5.75. The first-order valence-corrected chi connectivity index (χ1v) is 8.67. The molecule has 1 aliphatic carbocycles. The minimum absolute atomic E-state index is 0. The van der Waals surface area contributed by atoms with Crippen molar-refractivity contribution in [2.45, 2.75) is 38.2 Å². The quantitative estimate of drug-likeness (QED) is 0.451. The monoisotopic (exact) mass is 337 g/mol. The van der Waals surface area contributed by atoms with Crippen molar-refractivity contribution in [1.29, 1.82) is 0 Å². The first kappa shape index (κ1) is 19.2. The summed E-state index contributed by atoms with van der Waals surface area (Å²) in [7, 11) is -3.47. The van der Waals surface area contributed by atoms with E-state index in [-0.39, 0.29) is 52.8 Å². The van der Waals surface area contributed by atoms with Gasteiger partial charge in [0.05, 0.1) is 29.0 Å². The number of sulfonamides is 1. The maximum atomic E-state index is 11.4. The van der Waals surface area contributed by atoms with Crippen molar-refractivity contribution < 1.29 is 47.6 Å². The number of nitro benzene ring substituents is 1. The molecule has 0 aromatic heterocycles. The topological polar surface area (TPSA) is 98.5 Å². The fourth-order valence-electron chi connectivity index (χ4n) is 2.37. The summed E-state index contributed by atoms with van der Waals surface area (Å²) >= 11 is 0. The van der Waals surface area contributed by atoms with Crippen molar-refractivity contribution in [3.8, 4) is 5.75 Å². The van der Waals surface area contributed by atoms with E-state index >= 15 is 0 Å². The summed E-state index contributed by atoms with van der Waals surface area (Å²) in [6.45, 7) is 0. The molecule has 0 aliphatic heterocycles. The van der Waals surface area contributed by atoms with Crippen LogP contribution in [0.3, 0.4) is 0 Å². The van der Waals surface area contributed by atoms with E-state index in [1.54, 1.807) is 0 Å². The van der Waals surface area contributed by atoms with Crippen LogP contribution in [0.2, 0.25) is 0 Å². The summed E-state index contributed by atoms with van der Waals surface area (Å²) in [6, 6.07) is 3.88. The van der Waals surface area contributed by atoms with Gasteiger partial charge in [-0.3, -0.25) is 14.8 Å². The molecule has 2 rings (SSSR count). The third-order valence-corrected chi connectivity index (χ3v) is 3.91. The minimum Gasteiger partial charge on any atom is -0.488 e. The Hall–Kier alpha value is -0.830. The summed E-state index contributed by atoms with van der Waals surface area (Å²) in [5, 5.41) is 10.9. The first-order chi connectivity index (χ1) is 9.85. The number of nitrogens with zero attached hydrogens (tertiary/aromatic N) is 1. The average molecular weight is 337 g/mol. The van der Waals surface area contributed by atoms with E-state index in [9.17, 15) is 18.5 Å². The van der Waals surface area contributed by atoms with Gasteiger partial charge >= 0.3 is 29.6 Å². The van der Waals surface area contributed by atoms with Gasteiger partial charge < -0.3 is 4.74 Å². The number of rotatable bonds is 5. The molecule has 22 heavy (non-hydrogen) atoms. The Kier molecular flexibility index (Phi) is 7.11. The van der Waals surface area contributed by atoms with Crippen molar-refractivity contribution >= 4 is 21.4 Å². The van der Waals surface area contributed by atoms with Crippen LogP contribution in [-0.4, -0.2) is 25.7 Å². The largest absolute Gasteiger partial charge is 1.00 e. The molecule has 116 valence electrons. The number of hydrogen-bond donors (Lipinski definition) is 1. The molecule has 0 saturated heterocycles. The van der Waals surface area contributed by atoms with Gasteiger partial charge in [0.25, 0.3) is 5.69 Å². The van der Waals surface area contributed by atoms with Gasteiger partial charge in [0.2, 0.25) is 10.0 Å². The number of anilines is 1. The van der Waals surface area contributed by atoms with Crippen LogP contribution >= 0.6 is 0 Å². The zero-order chi connectivity index (χ0) is 15.5. The number of non-ortho nitro benzene ring substituents is 1. The summed E-state index contributed by atoms with van der Waals surface area (Å²) in [5.41, 5.74) is 0.105. The summed E-state index contributed by atoms with van der Waals surface area (Å²) in [5.74, 6) is 0.210. The molecule has 0 heterocycles. The maximum absolute atomic E-state index is 11.4. The van der Waals surface area contributed by atoms with Crippen molar-refractivity contribution in [2.75, 3.05) is 11.0 Å². The van der Waals surface area contributed by atoms with Crippen LogP contribution in [0, 0.1) is 10.1 Å². The molecule has 1 aromatic rings. The molecule has 0 bridgehead atoms. The van der Waals surface area contributed by atoms with E-state index in [0.717, 1.165) is 38.4 Å². The number of nitro groups is 1. The Balaban J connectivity index is 0.00000242. The average Bonchev–Trinajstić information content (AvgIpc) is 2.40. The SMILES string of the molecule is CS(=O)(=O)Nc1ccc([N+](=O)[O-])cc1OC1CCCCC1.[Na+]. The van der Waals surface area contributed by atoms with Gasteiger partial charge in [0.15, 0.2) is 5.75 Å². The Morgan fingerprint density at radius 1 is 1.27 bits per heavy atom. The Morgan fingerprint density at radius 3 is 2.45 bits per heavy atom. The molecule has 7 nitrogen and oxygen atoms in total. The molecule has 0 unspecified atom stereocenters. The van der Waals surface area contributed by atoms with Gasteiger partial charge in [0, 0.05) is 6.07 Å². The van der Waals surface area contributed by atoms with E-state index < -0.39 is 14.9 Å². The second-order valence-electron chi connectivity index (χ2n) is 5.19. The van der Waals surface area contributed by atoms with Crippen LogP contribution in [0.1, 0.15) is 32.1 Å². The second-order valence-corrected chi connectivity index (χ2v) is 6.94. The molecule has 0 atom stereocenters. The van der Waals surface area contributed by atoms with Crippen LogP contribution in [-0.2, 0) is 10.0 Å². The third-order valence-electron chi connectivity index (χ3n) is 3.32. The van der Waals surface area contributed by atoms with Crippen LogP contribution in [0.5, 0.6) is 5.75 Å². The van der Waals surface area contributed by atoms with E-state index in [1.807, 2.05) is 0 Å². The van der Waals surface area contributed by atoms with Gasteiger partial charge in [-0.25, -0.2) is 8.42 Å². The van der Waals surface area contributed by atoms with Crippen molar-refractivity contribution in [3.63, 3.8) is 0 Å². The van der Waals surface area contributed by atoms with E-state index in [2.05, 4.69) is 4.72 Å². The molecular formula is C13H18N2NaO5S+. The predicted octanol–water partition coefficient (Wildman–Crippen LogP) is -0.318. The van der Waals surface area contributed by atoms with Gasteiger partial charge in [-0.1, -0.05) is 6.42 Å². The number of hydrogen-bond acceptors (Lipinski definition) is 5. The fraction of sp³-hybridized carbons (Fsp3) is 0.538. The van der Waals surface area contributed by atoms with Crippen molar-refractivity contribution in [3.05, 3.63) is 28.3 Å². The van der Waals surface area contributed by atoms with E-state index in [0.29, 0.717) is 0 Å². The Bertz CT molecular complexity index is 629. The van der Waals surface area contributed by atoms with Gasteiger partial charge in [0.1, 0.15) is 0 Å². The van der Waals surface area contributed by atoms with Gasteiger partial charge in [-0.05, 0) is 31.7 Å². The zero-order valence-corrected chi connectivity index (χ0v) is 15.6. The number of nitrogens with one attached hydrogen (secondary N) is 1. The maximum Gasteiger partial charge on any atom is 1.00 e. The molecular weight excluding hydrogens is 319 g/mol. The summed E-state index contributed by atoms with van der Waals surface area (Å²) in [6.07, 6.45) is 6.01. The minimum atomic E-state index is -3.47. The molecule has 1 aromatic carbocycles. The number of benzene rings is 1. The van der Waals surface area contributed by atoms with E-state index in [4.69, 9.17) is 4.74 Å². The fourth-order valence-corrected chi connectivity index (χ4v) is 2.94. The van der Waals surface area contributed by atoms with Crippen LogP contribution in [0.25, 0.3) is 0 Å². The zero-order valence-electron chi connectivity index (χ0n) is 12.7. The van der Waals surface area contributed by atoms with Crippen LogP contribution < -0.4 is 39.0 Å². The molecule has 0 radical (unpaired) electrons. The standard InChI is InChI=1S/C13H18N2O5S.Na/c1-21(18,19)14-12-8-7-10(15(16)17)9-13(12)20-11-5-3-2-4-6-11;/h7-9,11,14H,2-6H2,1H3;/q;+1. The van der Waals surface area contributed by atoms with Gasteiger partial charge in [-0.2, -0.15) is 0 Å². The molecule has 0 spiro atoms. The number of ether oxygens (including phenoxy) is 1. The van der Waals surface area contributed by atoms with Crippen molar-refractivity contribution in [2.24, 2.45) is 0 Å². The molecule has 9 heteroatoms. The Morgan fingerprint density at radius 2 is 1.91 bits per heavy atom. The first-order valence-electron chi connectivity index (χ1n) is 6.78. The predicted molar refractivity (Wildman–Crippen MR) is 79.1 cm³/mol. The summed E-state index contributed by atoms with van der Waals surface area (Å²) < 4.78 is 30.8. The molecule has 1 saturated carbocycles.